The van der Waals surface area contributed by atoms with Crippen molar-refractivity contribution in [2.75, 3.05) is 13.1 Å². The van der Waals surface area contributed by atoms with Gasteiger partial charge in [-0.05, 0) is 37.3 Å². The summed E-state index contributed by atoms with van der Waals surface area (Å²) in [4.78, 5) is 2.72. The van der Waals surface area contributed by atoms with Crippen molar-refractivity contribution < 1.29 is 0 Å². The van der Waals surface area contributed by atoms with Gasteiger partial charge in [0.15, 0.2) is 0 Å². The van der Waals surface area contributed by atoms with Crippen molar-refractivity contribution in [3.05, 3.63) is 36.0 Å². The quantitative estimate of drug-likeness (QED) is 0.511. The zero-order valence-electron chi connectivity index (χ0n) is 14.8. The third kappa shape index (κ3) is 5.14. The number of rotatable bonds is 9. The van der Waals surface area contributed by atoms with Crippen LogP contribution in [0.25, 0.3) is 0 Å². The normalized spacial score (nSPS) is 20.6. The summed E-state index contributed by atoms with van der Waals surface area (Å²) in [6.07, 6.45) is 15.6. The average Bonchev–Trinajstić information content (AvgIpc) is 2.88. The van der Waals surface area contributed by atoms with Gasteiger partial charge in [0.1, 0.15) is 0 Å². The summed E-state index contributed by atoms with van der Waals surface area (Å²) in [5.74, 6) is 0. The fourth-order valence-electron chi connectivity index (χ4n) is 3.35. The molecular weight excluding hydrogens is 254 g/mol. The molecule has 0 radical (unpaired) electrons. The van der Waals surface area contributed by atoms with Crippen LogP contribution >= 0.6 is 0 Å². The molecule has 1 heterocycles. The molecule has 0 aromatic rings. The molecule has 1 fully saturated rings. The third-order valence-corrected chi connectivity index (χ3v) is 4.81. The Bertz CT molecular complexity index is 367. The smallest absolute Gasteiger partial charge is 0.0245 e. The van der Waals surface area contributed by atoms with Crippen molar-refractivity contribution in [3.63, 3.8) is 0 Å². The number of likely N-dealkylation sites (tertiary alicyclic amines) is 1. The van der Waals surface area contributed by atoms with Crippen LogP contribution in [0.1, 0.15) is 72.6 Å². The van der Waals surface area contributed by atoms with Gasteiger partial charge < -0.3 is 0 Å². The molecule has 120 valence electrons. The maximum absolute atomic E-state index is 3.88. The summed E-state index contributed by atoms with van der Waals surface area (Å²) in [5.41, 5.74) is 3.36. The molecule has 0 amide bonds. The topological polar surface area (TPSA) is 3.24 Å². The molecule has 1 aliphatic heterocycles. The monoisotopic (exact) mass is 289 g/mol. The highest BCUT2D eigenvalue weighted by atomic mass is 15.2. The molecular formula is C20H35N. The Labute approximate surface area is 132 Å². The van der Waals surface area contributed by atoms with Crippen LogP contribution in [0.5, 0.6) is 0 Å². The van der Waals surface area contributed by atoms with Gasteiger partial charge in [0, 0.05) is 18.6 Å². The van der Waals surface area contributed by atoms with Gasteiger partial charge in [-0.1, -0.05) is 71.3 Å². The summed E-state index contributed by atoms with van der Waals surface area (Å²) in [6.45, 7) is 15.4. The van der Waals surface area contributed by atoms with Gasteiger partial charge in [-0.15, -0.1) is 0 Å². The van der Waals surface area contributed by atoms with E-state index in [1.165, 1.54) is 49.7 Å². The van der Waals surface area contributed by atoms with E-state index in [-0.39, 0.29) is 0 Å². The van der Waals surface area contributed by atoms with E-state index in [4.69, 9.17) is 0 Å². The van der Waals surface area contributed by atoms with E-state index in [1.54, 1.807) is 0 Å². The molecule has 0 saturated carbocycles. The summed E-state index contributed by atoms with van der Waals surface area (Å²) in [6, 6.07) is 0. The molecule has 21 heavy (non-hydrogen) atoms. The first-order chi connectivity index (χ1) is 10.1. The maximum Gasteiger partial charge on any atom is 0.0245 e. The lowest BCUT2D eigenvalue weighted by atomic mass is 9.87. The molecule has 0 aromatic heterocycles. The highest BCUT2D eigenvalue weighted by Crippen LogP contribution is 2.35. The molecule has 1 rings (SSSR count). The highest BCUT2D eigenvalue weighted by molar-refractivity contribution is 5.40. The highest BCUT2D eigenvalue weighted by Gasteiger charge is 2.35. The van der Waals surface area contributed by atoms with Crippen LogP contribution in [0.15, 0.2) is 36.0 Å². The number of allylic oxidation sites excluding steroid dienone is 3. The van der Waals surface area contributed by atoms with Gasteiger partial charge in [0.05, 0.1) is 0 Å². The summed E-state index contributed by atoms with van der Waals surface area (Å²) >= 11 is 0. The van der Waals surface area contributed by atoms with Crippen LogP contribution < -0.4 is 0 Å². The second kappa shape index (κ2) is 9.25. The molecule has 0 N–H and O–H groups in total. The van der Waals surface area contributed by atoms with E-state index >= 15 is 0 Å². The summed E-state index contributed by atoms with van der Waals surface area (Å²) in [7, 11) is 0. The minimum atomic E-state index is 0.357. The first-order valence-electron chi connectivity index (χ1n) is 8.87. The standard InChI is InChI=1S/C20H35N/c1-6-10-14-20(5,15-11-7-2)21-16-18(12-8-3)19(17-21)13-9-4/h8,12-13H,3,6-7,9-11,14-17H2,1-2,4-5H3/b18-12-,19-13-. The molecule has 0 aromatic carbocycles. The fraction of sp³-hybridized carbons (Fsp3) is 0.700. The zero-order chi connectivity index (χ0) is 15.7. The minimum Gasteiger partial charge on any atom is -0.289 e. The molecule has 0 unspecified atom stereocenters. The van der Waals surface area contributed by atoms with Crippen molar-refractivity contribution in [3.8, 4) is 0 Å². The summed E-state index contributed by atoms with van der Waals surface area (Å²) < 4.78 is 0. The number of nitrogens with zero attached hydrogens (tertiary/aromatic N) is 1. The van der Waals surface area contributed by atoms with Crippen LogP contribution in [0, 0.1) is 0 Å². The van der Waals surface area contributed by atoms with Gasteiger partial charge in [0.2, 0.25) is 0 Å². The van der Waals surface area contributed by atoms with Crippen molar-refractivity contribution in [2.24, 2.45) is 0 Å². The van der Waals surface area contributed by atoms with Crippen molar-refractivity contribution >= 4 is 0 Å². The molecule has 1 aliphatic rings. The minimum absolute atomic E-state index is 0.357. The van der Waals surface area contributed by atoms with E-state index < -0.39 is 0 Å². The van der Waals surface area contributed by atoms with Gasteiger partial charge in [-0.25, -0.2) is 0 Å². The maximum atomic E-state index is 3.88. The van der Waals surface area contributed by atoms with E-state index in [1.807, 2.05) is 6.08 Å². The molecule has 1 nitrogen and oxygen atoms in total. The molecule has 0 spiro atoms. The van der Waals surface area contributed by atoms with Gasteiger partial charge in [0.25, 0.3) is 0 Å². The van der Waals surface area contributed by atoms with Crippen LogP contribution in [-0.2, 0) is 0 Å². The third-order valence-electron chi connectivity index (χ3n) is 4.81. The van der Waals surface area contributed by atoms with Crippen LogP contribution in [-0.4, -0.2) is 23.5 Å². The largest absolute Gasteiger partial charge is 0.289 e. The predicted octanol–water partition coefficient (Wildman–Crippen LogP) is 5.89. The van der Waals surface area contributed by atoms with E-state index in [0.717, 1.165) is 19.5 Å². The van der Waals surface area contributed by atoms with Crippen molar-refractivity contribution in [1.82, 2.24) is 4.90 Å². The predicted molar refractivity (Wildman–Crippen MR) is 95.7 cm³/mol. The SMILES string of the molecule is C=C/C=C1/CN(C(C)(CCCC)CCCC)C/C1=C/CC. The average molecular weight is 290 g/mol. The fourth-order valence-corrected chi connectivity index (χ4v) is 3.35. The van der Waals surface area contributed by atoms with E-state index in [9.17, 15) is 0 Å². The van der Waals surface area contributed by atoms with Crippen LogP contribution in [0.3, 0.4) is 0 Å². The molecule has 1 heteroatoms. The Morgan fingerprint density at radius 3 is 2.10 bits per heavy atom. The first-order valence-corrected chi connectivity index (χ1v) is 8.87. The zero-order valence-corrected chi connectivity index (χ0v) is 14.8. The Morgan fingerprint density at radius 2 is 1.62 bits per heavy atom. The Morgan fingerprint density at radius 1 is 1.05 bits per heavy atom. The van der Waals surface area contributed by atoms with Gasteiger partial charge in [-0.2, -0.15) is 0 Å². The molecule has 0 atom stereocenters. The number of unbranched alkanes of at least 4 members (excludes halogenated alkanes) is 2. The van der Waals surface area contributed by atoms with Gasteiger partial charge >= 0.3 is 0 Å². The van der Waals surface area contributed by atoms with Gasteiger partial charge in [-0.3, -0.25) is 4.90 Å². The lowest BCUT2D eigenvalue weighted by Gasteiger charge is -2.39. The van der Waals surface area contributed by atoms with E-state index in [2.05, 4.69) is 51.3 Å². The molecule has 0 bridgehead atoms. The Hall–Kier alpha value is -0.820. The number of hydrogen-bond donors (Lipinski definition) is 0. The number of hydrogen-bond acceptors (Lipinski definition) is 1. The Balaban J connectivity index is 2.90. The molecule has 1 saturated heterocycles. The van der Waals surface area contributed by atoms with Crippen LogP contribution in [0.4, 0.5) is 0 Å². The second-order valence-corrected chi connectivity index (χ2v) is 6.63. The summed E-state index contributed by atoms with van der Waals surface area (Å²) in [5, 5.41) is 0. The molecule has 0 aliphatic carbocycles. The second-order valence-electron chi connectivity index (χ2n) is 6.63. The van der Waals surface area contributed by atoms with E-state index in [0.29, 0.717) is 5.54 Å². The lowest BCUT2D eigenvalue weighted by Crippen LogP contribution is -2.44. The van der Waals surface area contributed by atoms with Crippen molar-refractivity contribution in [1.29, 1.82) is 0 Å². The van der Waals surface area contributed by atoms with Crippen LogP contribution in [0.2, 0.25) is 0 Å². The first kappa shape index (κ1) is 18.2. The Kier molecular flexibility index (Phi) is 8.03. The lowest BCUT2D eigenvalue weighted by molar-refractivity contribution is 0.116. The van der Waals surface area contributed by atoms with Crippen molar-refractivity contribution in [2.45, 2.75) is 78.2 Å².